The quantitative estimate of drug-likeness (QED) is 0.863. The summed E-state index contributed by atoms with van der Waals surface area (Å²) in [7, 11) is 0. The normalized spacial score (nSPS) is 12.3. The average molecular weight is 262 g/mol. The third-order valence-electron chi connectivity index (χ3n) is 2.60. The van der Waals surface area contributed by atoms with Crippen molar-refractivity contribution in [2.45, 2.75) is 20.0 Å². The van der Waals surface area contributed by atoms with Crippen LogP contribution in [0.4, 0.5) is 5.13 Å². The van der Waals surface area contributed by atoms with Gasteiger partial charge in [0.15, 0.2) is 5.13 Å². The summed E-state index contributed by atoms with van der Waals surface area (Å²) < 4.78 is 5.77. The van der Waals surface area contributed by atoms with E-state index < -0.39 is 0 Å². The molecule has 0 bridgehead atoms. The Bertz CT molecular complexity index is 470. The third-order valence-corrected chi connectivity index (χ3v) is 3.47. The van der Waals surface area contributed by atoms with Crippen LogP contribution >= 0.6 is 11.3 Å². The van der Waals surface area contributed by atoms with Crippen LogP contribution in [-0.2, 0) is 4.74 Å². The number of nitrogens with zero attached hydrogens (tertiary/aromatic N) is 1. The summed E-state index contributed by atoms with van der Waals surface area (Å²) in [6.45, 7) is 5.52. The molecule has 1 aromatic carbocycles. The number of anilines is 1. The number of aromatic nitrogens is 1. The Morgan fingerprint density at radius 3 is 2.72 bits per heavy atom. The molecule has 0 radical (unpaired) electrons. The summed E-state index contributed by atoms with van der Waals surface area (Å²) in [5.41, 5.74) is 1.19. The fourth-order valence-electron chi connectivity index (χ4n) is 1.76. The topological polar surface area (TPSA) is 34.1 Å². The van der Waals surface area contributed by atoms with Gasteiger partial charge in [0.05, 0.1) is 6.10 Å². The number of aryl methyl sites for hydroxylation is 1. The van der Waals surface area contributed by atoms with E-state index in [-0.39, 0.29) is 6.10 Å². The first-order valence-corrected chi connectivity index (χ1v) is 6.94. The van der Waals surface area contributed by atoms with Crippen molar-refractivity contribution in [1.82, 2.24) is 4.98 Å². The van der Waals surface area contributed by atoms with Gasteiger partial charge in [-0.15, -0.1) is 11.3 Å². The fourth-order valence-corrected chi connectivity index (χ4v) is 2.43. The minimum atomic E-state index is 0.0698. The Labute approximate surface area is 112 Å². The summed E-state index contributed by atoms with van der Waals surface area (Å²) in [5, 5.41) is 4.28. The highest BCUT2D eigenvalue weighted by Crippen LogP contribution is 2.21. The van der Waals surface area contributed by atoms with Crippen molar-refractivity contribution in [3.8, 4) is 0 Å². The molecule has 0 saturated heterocycles. The Hall–Kier alpha value is -1.39. The van der Waals surface area contributed by atoms with E-state index in [0.29, 0.717) is 6.61 Å². The van der Waals surface area contributed by atoms with E-state index in [0.717, 1.165) is 11.7 Å². The molecule has 1 unspecified atom stereocenters. The maximum Gasteiger partial charge on any atom is 0.182 e. The molecule has 4 heteroatoms. The first-order valence-electron chi connectivity index (χ1n) is 6.12. The van der Waals surface area contributed by atoms with E-state index in [2.05, 4.69) is 29.4 Å². The molecule has 0 spiro atoms. The third kappa shape index (κ3) is 3.55. The molecule has 0 saturated carbocycles. The van der Waals surface area contributed by atoms with Gasteiger partial charge in [0.25, 0.3) is 0 Å². The first-order chi connectivity index (χ1) is 8.79. The van der Waals surface area contributed by atoms with Crippen LogP contribution in [0.1, 0.15) is 23.5 Å². The van der Waals surface area contributed by atoms with Gasteiger partial charge in [-0.2, -0.15) is 0 Å². The molecule has 2 rings (SSSR count). The van der Waals surface area contributed by atoms with Crippen molar-refractivity contribution in [2.75, 3.05) is 18.5 Å². The highest BCUT2D eigenvalue weighted by molar-refractivity contribution is 7.15. The smallest absolute Gasteiger partial charge is 0.182 e. The maximum atomic E-state index is 5.77. The van der Waals surface area contributed by atoms with Gasteiger partial charge in [-0.1, -0.05) is 30.3 Å². The lowest BCUT2D eigenvalue weighted by Crippen LogP contribution is -2.15. The molecule has 96 valence electrons. The van der Waals surface area contributed by atoms with Crippen LogP contribution in [0.25, 0.3) is 0 Å². The minimum Gasteiger partial charge on any atom is -0.372 e. The molecule has 3 nitrogen and oxygen atoms in total. The SMILES string of the molecule is CCOC(CNc1ncc(C)s1)c1ccccc1. The van der Waals surface area contributed by atoms with Crippen LogP contribution in [0.15, 0.2) is 36.5 Å². The largest absolute Gasteiger partial charge is 0.372 e. The Balaban J connectivity index is 1.98. The lowest BCUT2D eigenvalue weighted by molar-refractivity contribution is 0.0719. The summed E-state index contributed by atoms with van der Waals surface area (Å²) in [6, 6.07) is 10.3. The van der Waals surface area contributed by atoms with Crippen molar-refractivity contribution >= 4 is 16.5 Å². The van der Waals surface area contributed by atoms with E-state index in [1.807, 2.05) is 31.3 Å². The van der Waals surface area contributed by atoms with Gasteiger partial charge >= 0.3 is 0 Å². The van der Waals surface area contributed by atoms with Crippen LogP contribution in [-0.4, -0.2) is 18.1 Å². The Kier molecular flexibility index (Phi) is 4.73. The average Bonchev–Trinajstić information content (AvgIpc) is 2.81. The summed E-state index contributed by atoms with van der Waals surface area (Å²) in [5.74, 6) is 0. The van der Waals surface area contributed by atoms with Gasteiger partial charge in [0.1, 0.15) is 0 Å². The van der Waals surface area contributed by atoms with Gasteiger partial charge in [-0.25, -0.2) is 4.98 Å². The highest BCUT2D eigenvalue weighted by Gasteiger charge is 2.11. The van der Waals surface area contributed by atoms with Crippen molar-refractivity contribution in [3.05, 3.63) is 47.0 Å². The molecule has 0 fully saturated rings. The van der Waals surface area contributed by atoms with Crippen LogP contribution in [0.5, 0.6) is 0 Å². The second-order valence-electron chi connectivity index (χ2n) is 4.01. The second-order valence-corrected chi connectivity index (χ2v) is 5.25. The van der Waals surface area contributed by atoms with Crippen molar-refractivity contribution in [2.24, 2.45) is 0 Å². The van der Waals surface area contributed by atoms with Gasteiger partial charge in [0.2, 0.25) is 0 Å². The van der Waals surface area contributed by atoms with E-state index in [1.165, 1.54) is 10.4 Å². The molecular formula is C14H18N2OS. The zero-order chi connectivity index (χ0) is 12.8. The second kappa shape index (κ2) is 6.52. The van der Waals surface area contributed by atoms with Crippen molar-refractivity contribution < 1.29 is 4.74 Å². The summed E-state index contributed by atoms with van der Waals surface area (Å²) >= 11 is 1.67. The lowest BCUT2D eigenvalue weighted by atomic mass is 10.1. The van der Waals surface area contributed by atoms with Gasteiger partial charge in [0, 0.05) is 24.2 Å². The number of nitrogens with one attached hydrogen (secondary N) is 1. The zero-order valence-corrected chi connectivity index (χ0v) is 11.5. The van der Waals surface area contributed by atoms with Gasteiger partial charge < -0.3 is 10.1 Å². The molecular weight excluding hydrogens is 244 g/mol. The number of ether oxygens (including phenoxy) is 1. The predicted octanol–water partition coefficient (Wildman–Crippen LogP) is 3.64. The molecule has 1 heterocycles. The molecule has 0 aliphatic rings. The van der Waals surface area contributed by atoms with Crippen LogP contribution in [0.2, 0.25) is 0 Å². The molecule has 1 aromatic heterocycles. The molecule has 0 amide bonds. The van der Waals surface area contributed by atoms with E-state index >= 15 is 0 Å². The number of hydrogen-bond acceptors (Lipinski definition) is 4. The molecule has 1 N–H and O–H groups in total. The standard InChI is InChI=1S/C14H18N2OS/c1-3-17-13(12-7-5-4-6-8-12)10-16-14-15-9-11(2)18-14/h4-9,13H,3,10H2,1-2H3,(H,15,16). The van der Waals surface area contributed by atoms with Crippen molar-refractivity contribution in [3.63, 3.8) is 0 Å². The monoisotopic (exact) mass is 262 g/mol. The number of rotatable bonds is 6. The highest BCUT2D eigenvalue weighted by atomic mass is 32.1. The van der Waals surface area contributed by atoms with Crippen LogP contribution < -0.4 is 5.32 Å². The molecule has 2 aromatic rings. The van der Waals surface area contributed by atoms with E-state index in [9.17, 15) is 0 Å². The predicted molar refractivity (Wildman–Crippen MR) is 76.1 cm³/mol. The Morgan fingerprint density at radius 1 is 1.33 bits per heavy atom. The number of thiazole rings is 1. The van der Waals surface area contributed by atoms with Crippen molar-refractivity contribution in [1.29, 1.82) is 0 Å². The summed E-state index contributed by atoms with van der Waals surface area (Å²) in [4.78, 5) is 5.51. The summed E-state index contributed by atoms with van der Waals surface area (Å²) in [6.07, 6.45) is 1.95. The first kappa shape index (κ1) is 13.1. The molecule has 0 aliphatic carbocycles. The minimum absolute atomic E-state index is 0.0698. The Morgan fingerprint density at radius 2 is 2.11 bits per heavy atom. The van der Waals surface area contributed by atoms with Gasteiger partial charge in [-0.05, 0) is 19.4 Å². The zero-order valence-electron chi connectivity index (χ0n) is 10.7. The van der Waals surface area contributed by atoms with E-state index in [4.69, 9.17) is 4.74 Å². The molecule has 18 heavy (non-hydrogen) atoms. The number of hydrogen-bond donors (Lipinski definition) is 1. The van der Waals surface area contributed by atoms with Crippen LogP contribution in [0.3, 0.4) is 0 Å². The maximum absolute atomic E-state index is 5.77. The van der Waals surface area contributed by atoms with E-state index in [1.54, 1.807) is 11.3 Å². The lowest BCUT2D eigenvalue weighted by Gasteiger charge is -2.17. The molecule has 1 atom stereocenters. The number of benzene rings is 1. The fraction of sp³-hybridized carbons (Fsp3) is 0.357. The van der Waals surface area contributed by atoms with Gasteiger partial charge in [-0.3, -0.25) is 0 Å². The molecule has 0 aliphatic heterocycles. The van der Waals surface area contributed by atoms with Crippen LogP contribution in [0, 0.1) is 6.92 Å².